The Morgan fingerprint density at radius 1 is 0.892 bits per heavy atom. The number of nitrogens with zero attached hydrogens (tertiary/aromatic N) is 1. The average molecular weight is 498 g/mol. The minimum atomic E-state index is -0.421. The predicted molar refractivity (Wildman–Crippen MR) is 143 cm³/mol. The SMILES string of the molecule is CCC(NC)C(=O)Nc1ccc(-c2ccccc2)n(Cc2cccc(C(=O)c3ccc(F)cc3)c2)c1=O. The number of benzene rings is 3. The lowest BCUT2D eigenvalue weighted by Crippen LogP contribution is -2.39. The summed E-state index contributed by atoms with van der Waals surface area (Å²) < 4.78 is 14.9. The van der Waals surface area contributed by atoms with Crippen LogP contribution in [-0.4, -0.2) is 29.3 Å². The summed E-state index contributed by atoms with van der Waals surface area (Å²) in [5.74, 6) is -0.936. The Labute approximate surface area is 214 Å². The Morgan fingerprint density at radius 3 is 2.30 bits per heavy atom. The molecule has 4 aromatic rings. The first-order chi connectivity index (χ1) is 17.9. The maximum absolute atomic E-state index is 13.6. The van der Waals surface area contributed by atoms with Gasteiger partial charge in [-0.3, -0.25) is 14.4 Å². The van der Waals surface area contributed by atoms with E-state index in [9.17, 15) is 18.8 Å². The van der Waals surface area contributed by atoms with E-state index in [1.54, 1.807) is 41.9 Å². The van der Waals surface area contributed by atoms with Gasteiger partial charge in [0.15, 0.2) is 5.78 Å². The highest BCUT2D eigenvalue weighted by Gasteiger charge is 2.18. The molecule has 3 aromatic carbocycles. The Bertz CT molecular complexity index is 1460. The summed E-state index contributed by atoms with van der Waals surface area (Å²) >= 11 is 0. The first kappa shape index (κ1) is 25.7. The molecular weight excluding hydrogens is 469 g/mol. The molecule has 1 atom stereocenters. The van der Waals surface area contributed by atoms with Crippen LogP contribution in [-0.2, 0) is 11.3 Å². The van der Waals surface area contributed by atoms with E-state index in [2.05, 4.69) is 10.6 Å². The van der Waals surface area contributed by atoms with Gasteiger partial charge in [0.05, 0.1) is 18.3 Å². The standard InChI is InChI=1S/C30H28FN3O3/c1-3-25(32-2)29(36)33-26-16-17-27(21-9-5-4-6-10-21)34(30(26)37)19-20-8-7-11-23(18-20)28(35)22-12-14-24(31)15-13-22/h4-18,25,32H,3,19H2,1-2H3,(H,33,36). The van der Waals surface area contributed by atoms with E-state index in [0.29, 0.717) is 23.2 Å². The second-order valence-corrected chi connectivity index (χ2v) is 8.66. The summed E-state index contributed by atoms with van der Waals surface area (Å²) in [6.07, 6.45) is 0.577. The van der Waals surface area contributed by atoms with Crippen LogP contribution in [0.25, 0.3) is 11.3 Å². The number of pyridine rings is 1. The molecule has 6 nitrogen and oxygen atoms in total. The van der Waals surface area contributed by atoms with Gasteiger partial charge in [-0.25, -0.2) is 4.39 Å². The topological polar surface area (TPSA) is 80.2 Å². The van der Waals surface area contributed by atoms with Crippen molar-refractivity contribution in [3.63, 3.8) is 0 Å². The molecule has 0 saturated heterocycles. The highest BCUT2D eigenvalue weighted by molar-refractivity contribution is 6.09. The van der Waals surface area contributed by atoms with Crippen LogP contribution < -0.4 is 16.2 Å². The van der Waals surface area contributed by atoms with E-state index in [4.69, 9.17) is 0 Å². The molecule has 1 aromatic heterocycles. The number of amides is 1. The summed E-state index contributed by atoms with van der Waals surface area (Å²) in [6.45, 7) is 2.07. The molecule has 37 heavy (non-hydrogen) atoms. The van der Waals surface area contributed by atoms with Crippen molar-refractivity contribution in [3.05, 3.63) is 124 Å². The molecule has 1 unspecified atom stereocenters. The van der Waals surface area contributed by atoms with Crippen molar-refractivity contribution >= 4 is 17.4 Å². The van der Waals surface area contributed by atoms with Gasteiger partial charge in [-0.1, -0.05) is 55.5 Å². The monoisotopic (exact) mass is 497 g/mol. The molecular formula is C30H28FN3O3. The van der Waals surface area contributed by atoms with Crippen molar-refractivity contribution in [2.24, 2.45) is 0 Å². The molecule has 0 spiro atoms. The summed E-state index contributed by atoms with van der Waals surface area (Å²) in [4.78, 5) is 39.2. The largest absolute Gasteiger partial charge is 0.320 e. The Kier molecular flexibility index (Phi) is 8.05. The van der Waals surface area contributed by atoms with Gasteiger partial charge >= 0.3 is 0 Å². The van der Waals surface area contributed by atoms with Gasteiger partial charge in [-0.15, -0.1) is 0 Å². The molecule has 0 aliphatic carbocycles. The third-order valence-corrected chi connectivity index (χ3v) is 6.21. The summed E-state index contributed by atoms with van der Waals surface area (Å²) in [5, 5.41) is 5.70. The number of hydrogen-bond donors (Lipinski definition) is 2. The number of aromatic nitrogens is 1. The van der Waals surface area contributed by atoms with E-state index in [1.165, 1.54) is 24.3 Å². The third-order valence-electron chi connectivity index (χ3n) is 6.21. The van der Waals surface area contributed by atoms with Crippen LogP contribution in [0, 0.1) is 5.82 Å². The van der Waals surface area contributed by atoms with Gasteiger partial charge < -0.3 is 15.2 Å². The van der Waals surface area contributed by atoms with Gasteiger partial charge in [0.25, 0.3) is 5.56 Å². The van der Waals surface area contributed by atoms with Gasteiger partial charge in [-0.05, 0) is 67.1 Å². The number of carbonyl (C=O) groups is 2. The number of anilines is 1. The first-order valence-electron chi connectivity index (χ1n) is 12.1. The van der Waals surface area contributed by atoms with Crippen LogP contribution in [0.15, 0.2) is 95.8 Å². The first-order valence-corrected chi connectivity index (χ1v) is 12.1. The smallest absolute Gasteiger partial charge is 0.275 e. The molecule has 1 heterocycles. The van der Waals surface area contributed by atoms with Crippen molar-refractivity contribution in [1.29, 1.82) is 0 Å². The van der Waals surface area contributed by atoms with E-state index >= 15 is 0 Å². The van der Waals surface area contributed by atoms with Gasteiger partial charge in [0.1, 0.15) is 11.5 Å². The van der Waals surface area contributed by atoms with Crippen molar-refractivity contribution in [2.75, 3.05) is 12.4 Å². The second kappa shape index (κ2) is 11.6. The lowest BCUT2D eigenvalue weighted by molar-refractivity contribution is -0.118. The lowest BCUT2D eigenvalue weighted by atomic mass is 10.0. The molecule has 4 rings (SSSR count). The van der Waals surface area contributed by atoms with Crippen molar-refractivity contribution < 1.29 is 14.0 Å². The highest BCUT2D eigenvalue weighted by Crippen LogP contribution is 2.21. The Morgan fingerprint density at radius 2 is 1.62 bits per heavy atom. The fourth-order valence-electron chi connectivity index (χ4n) is 4.19. The molecule has 7 heteroatoms. The van der Waals surface area contributed by atoms with Crippen molar-refractivity contribution in [1.82, 2.24) is 9.88 Å². The maximum Gasteiger partial charge on any atom is 0.275 e. The number of nitrogens with one attached hydrogen (secondary N) is 2. The van der Waals surface area contributed by atoms with Crippen LogP contribution in [0.4, 0.5) is 10.1 Å². The van der Waals surface area contributed by atoms with Gasteiger partial charge in [0.2, 0.25) is 5.91 Å². The van der Waals surface area contributed by atoms with E-state index < -0.39 is 11.9 Å². The van der Waals surface area contributed by atoms with Crippen molar-refractivity contribution in [2.45, 2.75) is 25.9 Å². The third kappa shape index (κ3) is 5.90. The molecule has 0 saturated carbocycles. The van der Waals surface area contributed by atoms with Crippen LogP contribution >= 0.6 is 0 Å². The zero-order valence-electron chi connectivity index (χ0n) is 20.7. The summed E-state index contributed by atoms with van der Waals surface area (Å²) in [5.41, 5.74) is 2.89. The maximum atomic E-state index is 13.6. The van der Waals surface area contributed by atoms with Crippen LogP contribution in [0.3, 0.4) is 0 Å². The Hall–Kier alpha value is -4.36. The molecule has 0 bridgehead atoms. The number of hydrogen-bond acceptors (Lipinski definition) is 4. The molecule has 0 aliphatic rings. The Balaban J connectivity index is 1.72. The second-order valence-electron chi connectivity index (χ2n) is 8.66. The quantitative estimate of drug-likeness (QED) is 0.324. The fourth-order valence-corrected chi connectivity index (χ4v) is 4.19. The number of carbonyl (C=O) groups excluding carboxylic acids is 2. The molecule has 2 N–H and O–H groups in total. The number of ketones is 1. The lowest BCUT2D eigenvalue weighted by Gasteiger charge is -2.18. The fraction of sp³-hybridized carbons (Fsp3) is 0.167. The van der Waals surface area contributed by atoms with Gasteiger partial charge in [0, 0.05) is 11.1 Å². The van der Waals surface area contributed by atoms with Crippen LogP contribution in [0.1, 0.15) is 34.8 Å². The van der Waals surface area contributed by atoms with E-state index in [-0.39, 0.29) is 29.5 Å². The van der Waals surface area contributed by atoms with E-state index in [1.807, 2.05) is 43.3 Å². The minimum Gasteiger partial charge on any atom is -0.320 e. The van der Waals surface area contributed by atoms with Crippen LogP contribution in [0.2, 0.25) is 0 Å². The molecule has 1 amide bonds. The van der Waals surface area contributed by atoms with Crippen molar-refractivity contribution in [3.8, 4) is 11.3 Å². The van der Waals surface area contributed by atoms with Gasteiger partial charge in [-0.2, -0.15) is 0 Å². The minimum absolute atomic E-state index is 0.178. The summed E-state index contributed by atoms with van der Waals surface area (Å²) in [6, 6.07) is 24.9. The summed E-state index contributed by atoms with van der Waals surface area (Å²) in [7, 11) is 1.70. The molecule has 0 fully saturated rings. The zero-order chi connectivity index (χ0) is 26.4. The normalized spacial score (nSPS) is 11.6. The molecule has 0 radical (unpaired) electrons. The molecule has 188 valence electrons. The number of halogens is 1. The van der Waals surface area contributed by atoms with Crippen LogP contribution in [0.5, 0.6) is 0 Å². The number of likely N-dealkylation sites (N-methyl/N-ethyl adjacent to an activating group) is 1. The molecule has 0 aliphatic heterocycles. The zero-order valence-corrected chi connectivity index (χ0v) is 20.7. The number of rotatable bonds is 9. The predicted octanol–water partition coefficient (Wildman–Crippen LogP) is 4.87. The van der Waals surface area contributed by atoms with E-state index in [0.717, 1.165) is 11.1 Å². The average Bonchev–Trinajstić information content (AvgIpc) is 2.92. The highest BCUT2D eigenvalue weighted by atomic mass is 19.1.